The SMILES string of the molecule is CC1=CCN(c2ccc(CNCC(C)C)c(C)n2)CC1. The first-order valence-corrected chi connectivity index (χ1v) is 7.64. The van der Waals surface area contributed by atoms with Gasteiger partial charge in [0, 0.05) is 25.3 Å². The van der Waals surface area contributed by atoms with Crippen molar-refractivity contribution in [2.24, 2.45) is 5.92 Å². The predicted octanol–water partition coefficient (Wildman–Crippen LogP) is 3.29. The fraction of sp³-hybridized carbons (Fsp3) is 0.588. The van der Waals surface area contributed by atoms with E-state index in [1.807, 2.05) is 0 Å². The standard InChI is InChI=1S/C17H27N3/c1-13(2)11-18-12-16-5-6-17(19-15(16)4)20-9-7-14(3)8-10-20/h5-7,13,18H,8-12H2,1-4H3. The van der Waals surface area contributed by atoms with Gasteiger partial charge in [-0.1, -0.05) is 31.6 Å². The molecule has 1 aliphatic rings. The molecule has 2 heterocycles. The van der Waals surface area contributed by atoms with Gasteiger partial charge in [-0.2, -0.15) is 0 Å². The van der Waals surface area contributed by atoms with Crippen LogP contribution >= 0.6 is 0 Å². The molecule has 1 aromatic rings. The summed E-state index contributed by atoms with van der Waals surface area (Å²) in [5.41, 5.74) is 3.94. The minimum Gasteiger partial charge on any atom is -0.353 e. The molecular formula is C17H27N3. The van der Waals surface area contributed by atoms with Gasteiger partial charge in [-0.15, -0.1) is 0 Å². The van der Waals surface area contributed by atoms with Gasteiger partial charge in [-0.05, 0) is 44.4 Å². The second-order valence-corrected chi connectivity index (χ2v) is 6.19. The number of aromatic nitrogens is 1. The lowest BCUT2D eigenvalue weighted by molar-refractivity contribution is 0.551. The fourth-order valence-corrected chi connectivity index (χ4v) is 2.41. The first kappa shape index (κ1) is 15.0. The maximum atomic E-state index is 4.78. The highest BCUT2D eigenvalue weighted by atomic mass is 15.2. The normalized spacial score (nSPS) is 15.7. The Morgan fingerprint density at radius 2 is 2.10 bits per heavy atom. The molecule has 0 saturated carbocycles. The summed E-state index contributed by atoms with van der Waals surface area (Å²) < 4.78 is 0. The van der Waals surface area contributed by atoms with Crippen LogP contribution in [0.2, 0.25) is 0 Å². The summed E-state index contributed by atoms with van der Waals surface area (Å²) in [5, 5.41) is 3.48. The number of hydrogen-bond donors (Lipinski definition) is 1. The van der Waals surface area contributed by atoms with Gasteiger partial charge in [0.15, 0.2) is 0 Å². The molecule has 0 unspecified atom stereocenters. The Morgan fingerprint density at radius 1 is 1.30 bits per heavy atom. The van der Waals surface area contributed by atoms with Gasteiger partial charge in [0.1, 0.15) is 5.82 Å². The molecule has 3 nitrogen and oxygen atoms in total. The molecule has 0 aromatic carbocycles. The van der Waals surface area contributed by atoms with E-state index in [9.17, 15) is 0 Å². The minimum atomic E-state index is 0.686. The average Bonchev–Trinajstić information content (AvgIpc) is 2.41. The first-order chi connectivity index (χ1) is 9.56. The van der Waals surface area contributed by atoms with Gasteiger partial charge < -0.3 is 10.2 Å². The molecule has 0 saturated heterocycles. The van der Waals surface area contributed by atoms with Gasteiger partial charge in [-0.3, -0.25) is 0 Å². The number of nitrogens with one attached hydrogen (secondary N) is 1. The molecule has 1 aromatic heterocycles. The van der Waals surface area contributed by atoms with Gasteiger partial charge in [0.2, 0.25) is 0 Å². The lowest BCUT2D eigenvalue weighted by atomic mass is 10.1. The van der Waals surface area contributed by atoms with Crippen molar-refractivity contribution in [3.8, 4) is 0 Å². The number of rotatable bonds is 5. The third-order valence-electron chi connectivity index (χ3n) is 3.81. The third kappa shape index (κ3) is 4.07. The van der Waals surface area contributed by atoms with Crippen LogP contribution in [-0.4, -0.2) is 24.6 Å². The lowest BCUT2D eigenvalue weighted by Gasteiger charge is -2.27. The van der Waals surface area contributed by atoms with Gasteiger partial charge in [0.25, 0.3) is 0 Å². The van der Waals surface area contributed by atoms with E-state index < -0.39 is 0 Å². The Kier molecular flexibility index (Phi) is 5.18. The largest absolute Gasteiger partial charge is 0.353 e. The van der Waals surface area contributed by atoms with Gasteiger partial charge >= 0.3 is 0 Å². The van der Waals surface area contributed by atoms with Crippen LogP contribution in [-0.2, 0) is 6.54 Å². The Bertz CT molecular complexity index is 477. The highest BCUT2D eigenvalue weighted by Crippen LogP contribution is 2.19. The second-order valence-electron chi connectivity index (χ2n) is 6.19. The van der Waals surface area contributed by atoms with Crippen molar-refractivity contribution < 1.29 is 0 Å². The summed E-state index contributed by atoms with van der Waals surface area (Å²) in [6.45, 7) is 12.8. The van der Waals surface area contributed by atoms with Crippen LogP contribution in [0.3, 0.4) is 0 Å². The Morgan fingerprint density at radius 3 is 2.70 bits per heavy atom. The zero-order valence-electron chi connectivity index (χ0n) is 13.2. The van der Waals surface area contributed by atoms with Crippen molar-refractivity contribution in [2.45, 2.75) is 40.7 Å². The van der Waals surface area contributed by atoms with Crippen LogP contribution in [0.15, 0.2) is 23.8 Å². The topological polar surface area (TPSA) is 28.2 Å². The van der Waals surface area contributed by atoms with Crippen LogP contribution in [0, 0.1) is 12.8 Å². The molecule has 0 bridgehead atoms. The zero-order valence-corrected chi connectivity index (χ0v) is 13.2. The molecule has 0 radical (unpaired) electrons. The predicted molar refractivity (Wildman–Crippen MR) is 86.1 cm³/mol. The van der Waals surface area contributed by atoms with Crippen molar-refractivity contribution in [2.75, 3.05) is 24.5 Å². The fourth-order valence-electron chi connectivity index (χ4n) is 2.41. The number of nitrogens with zero attached hydrogens (tertiary/aromatic N) is 2. The molecule has 0 atom stereocenters. The average molecular weight is 273 g/mol. The van der Waals surface area contributed by atoms with Crippen molar-refractivity contribution in [1.29, 1.82) is 0 Å². The van der Waals surface area contributed by atoms with E-state index in [0.29, 0.717) is 5.92 Å². The van der Waals surface area contributed by atoms with Crippen LogP contribution in [0.25, 0.3) is 0 Å². The van der Waals surface area contributed by atoms with Crippen LogP contribution in [0.4, 0.5) is 5.82 Å². The summed E-state index contributed by atoms with van der Waals surface area (Å²) in [4.78, 5) is 7.13. The first-order valence-electron chi connectivity index (χ1n) is 7.64. The molecule has 0 amide bonds. The van der Waals surface area contributed by atoms with E-state index in [0.717, 1.165) is 44.1 Å². The molecule has 2 rings (SSSR count). The smallest absolute Gasteiger partial charge is 0.129 e. The molecule has 0 spiro atoms. The Balaban J connectivity index is 1.98. The molecule has 3 heteroatoms. The number of hydrogen-bond acceptors (Lipinski definition) is 3. The van der Waals surface area contributed by atoms with E-state index in [2.05, 4.69) is 56.1 Å². The van der Waals surface area contributed by atoms with E-state index in [1.165, 1.54) is 11.1 Å². The van der Waals surface area contributed by atoms with E-state index in [1.54, 1.807) is 0 Å². The highest BCUT2D eigenvalue weighted by Gasteiger charge is 2.12. The summed E-state index contributed by atoms with van der Waals surface area (Å²) in [7, 11) is 0. The van der Waals surface area contributed by atoms with Crippen LogP contribution < -0.4 is 10.2 Å². The Hall–Kier alpha value is -1.35. The number of aryl methyl sites for hydroxylation is 1. The summed E-state index contributed by atoms with van der Waals surface area (Å²) in [5.74, 6) is 1.80. The maximum absolute atomic E-state index is 4.78. The van der Waals surface area contributed by atoms with Gasteiger partial charge in [-0.25, -0.2) is 4.98 Å². The molecule has 0 aliphatic carbocycles. The van der Waals surface area contributed by atoms with Crippen molar-refractivity contribution in [3.63, 3.8) is 0 Å². The quantitative estimate of drug-likeness (QED) is 0.834. The van der Waals surface area contributed by atoms with E-state index in [4.69, 9.17) is 4.98 Å². The molecule has 1 aliphatic heterocycles. The van der Waals surface area contributed by atoms with Crippen LogP contribution in [0.5, 0.6) is 0 Å². The van der Waals surface area contributed by atoms with E-state index >= 15 is 0 Å². The number of pyridine rings is 1. The highest BCUT2D eigenvalue weighted by molar-refractivity contribution is 5.43. The summed E-state index contributed by atoms with van der Waals surface area (Å²) in [6.07, 6.45) is 3.46. The molecule has 1 N–H and O–H groups in total. The van der Waals surface area contributed by atoms with Crippen molar-refractivity contribution >= 4 is 5.82 Å². The Labute approximate surface area is 123 Å². The molecule has 110 valence electrons. The molecule has 20 heavy (non-hydrogen) atoms. The van der Waals surface area contributed by atoms with Crippen molar-refractivity contribution in [3.05, 3.63) is 35.0 Å². The monoisotopic (exact) mass is 273 g/mol. The summed E-state index contributed by atoms with van der Waals surface area (Å²) in [6, 6.07) is 4.38. The van der Waals surface area contributed by atoms with Crippen molar-refractivity contribution in [1.82, 2.24) is 10.3 Å². The maximum Gasteiger partial charge on any atom is 0.129 e. The lowest BCUT2D eigenvalue weighted by Crippen LogP contribution is -2.29. The minimum absolute atomic E-state index is 0.686. The van der Waals surface area contributed by atoms with E-state index in [-0.39, 0.29) is 0 Å². The number of anilines is 1. The molecular weight excluding hydrogens is 246 g/mol. The van der Waals surface area contributed by atoms with Gasteiger partial charge in [0.05, 0.1) is 0 Å². The zero-order chi connectivity index (χ0) is 14.5. The second kappa shape index (κ2) is 6.89. The summed E-state index contributed by atoms with van der Waals surface area (Å²) >= 11 is 0. The third-order valence-corrected chi connectivity index (χ3v) is 3.81. The molecule has 0 fully saturated rings. The van der Waals surface area contributed by atoms with Crippen LogP contribution in [0.1, 0.15) is 38.4 Å².